The van der Waals surface area contributed by atoms with Gasteiger partial charge < -0.3 is 24.6 Å². The fourth-order valence-corrected chi connectivity index (χ4v) is 2.01. The topological polar surface area (TPSA) is 77.0 Å². The van der Waals surface area contributed by atoms with Crippen LogP contribution in [0.3, 0.4) is 0 Å². The Morgan fingerprint density at radius 1 is 1.32 bits per heavy atom. The lowest BCUT2D eigenvalue weighted by Gasteiger charge is -2.26. The zero-order valence-corrected chi connectivity index (χ0v) is 11.5. The Hall–Kier alpha value is -1.82. The van der Waals surface area contributed by atoms with Crippen LogP contribution < -0.4 is 14.8 Å². The highest BCUT2D eigenvalue weighted by Gasteiger charge is 2.27. The number of nitrogens with one attached hydrogen (secondary N) is 1. The summed E-state index contributed by atoms with van der Waals surface area (Å²) in [6.45, 7) is 0.337. The van der Waals surface area contributed by atoms with Gasteiger partial charge >= 0.3 is 6.09 Å². The van der Waals surface area contributed by atoms with Gasteiger partial charge in [0.2, 0.25) is 0 Å². The quantitative estimate of drug-likeness (QED) is 0.890. The van der Waals surface area contributed by atoms with Gasteiger partial charge in [0.05, 0.1) is 32.4 Å². The maximum atomic E-state index is 11.2. The Labute approximate surface area is 117 Å². The van der Waals surface area contributed by atoms with Crippen molar-refractivity contribution in [2.45, 2.75) is 12.5 Å². The summed E-state index contributed by atoms with van der Waals surface area (Å²) in [4.78, 5) is 11.2. The Kier molecular flexibility index (Phi) is 5.11. The van der Waals surface area contributed by atoms with Crippen molar-refractivity contribution in [1.82, 2.24) is 5.32 Å². The number of halogens is 1. The van der Waals surface area contributed by atoms with E-state index < -0.39 is 6.09 Å². The molecule has 1 aliphatic heterocycles. The lowest BCUT2D eigenvalue weighted by Crippen LogP contribution is -2.35. The molecule has 1 amide bonds. The number of amides is 1. The van der Waals surface area contributed by atoms with Crippen molar-refractivity contribution in [2.75, 3.05) is 20.8 Å². The summed E-state index contributed by atoms with van der Waals surface area (Å²) >= 11 is 0. The first kappa shape index (κ1) is 15.2. The Morgan fingerprint density at radius 3 is 2.37 bits per heavy atom. The van der Waals surface area contributed by atoms with E-state index in [1.54, 1.807) is 0 Å². The molecule has 0 unspecified atom stereocenters. The molecule has 0 aromatic heterocycles. The number of alkyl carbamates (subject to hydrolysis) is 1. The molecule has 1 atom stereocenters. The van der Waals surface area contributed by atoms with Gasteiger partial charge in [-0.1, -0.05) is 0 Å². The molecule has 0 radical (unpaired) electrons. The fraction of sp³-hybridized carbons (Fsp3) is 0.417. The number of aromatic hydroxyl groups is 1. The van der Waals surface area contributed by atoms with Crippen molar-refractivity contribution in [2.24, 2.45) is 0 Å². The lowest BCUT2D eigenvalue weighted by atomic mass is 10.0. The monoisotopic (exact) mass is 289 g/mol. The number of carbonyl (C=O) groups is 1. The first-order valence-corrected chi connectivity index (χ1v) is 5.54. The number of phenols is 1. The molecule has 1 fully saturated rings. The molecule has 106 valence electrons. The molecular weight excluding hydrogens is 274 g/mol. The van der Waals surface area contributed by atoms with E-state index in [2.05, 4.69) is 5.32 Å². The second-order valence-electron chi connectivity index (χ2n) is 3.89. The molecule has 0 bridgehead atoms. The first-order valence-electron chi connectivity index (χ1n) is 5.54. The van der Waals surface area contributed by atoms with Gasteiger partial charge in [-0.2, -0.15) is 0 Å². The highest BCUT2D eigenvalue weighted by atomic mass is 35.5. The fourth-order valence-electron chi connectivity index (χ4n) is 2.01. The van der Waals surface area contributed by atoms with Crippen molar-refractivity contribution < 1.29 is 24.1 Å². The summed E-state index contributed by atoms with van der Waals surface area (Å²) in [5, 5.41) is 12.3. The minimum Gasteiger partial charge on any atom is -0.508 e. The number of ether oxygens (including phenoxy) is 3. The predicted octanol–water partition coefficient (Wildman–Crippen LogP) is 2.00. The molecule has 19 heavy (non-hydrogen) atoms. The average molecular weight is 290 g/mol. The van der Waals surface area contributed by atoms with E-state index in [1.165, 1.54) is 26.4 Å². The van der Waals surface area contributed by atoms with Crippen molar-refractivity contribution in [3.63, 3.8) is 0 Å². The van der Waals surface area contributed by atoms with Gasteiger partial charge in [0.15, 0.2) is 0 Å². The van der Waals surface area contributed by atoms with E-state index in [0.29, 0.717) is 30.1 Å². The molecule has 1 saturated heterocycles. The van der Waals surface area contributed by atoms with Gasteiger partial charge in [-0.15, -0.1) is 12.4 Å². The number of benzene rings is 1. The van der Waals surface area contributed by atoms with Crippen LogP contribution in [0.5, 0.6) is 17.2 Å². The summed E-state index contributed by atoms with van der Waals surface area (Å²) in [7, 11) is 3.00. The normalized spacial score (nSPS) is 17.8. The highest BCUT2D eigenvalue weighted by Crippen LogP contribution is 2.39. The molecule has 0 saturated carbocycles. The van der Waals surface area contributed by atoms with Gasteiger partial charge in [0.1, 0.15) is 17.2 Å². The summed E-state index contributed by atoms with van der Waals surface area (Å²) in [5.41, 5.74) is 0.703. The molecule has 0 aliphatic carbocycles. The molecule has 1 aromatic carbocycles. The van der Waals surface area contributed by atoms with E-state index >= 15 is 0 Å². The SMILES string of the molecule is COc1cc(O)cc(OC)c1[C@@H]1CCOC(=O)N1.Cl. The van der Waals surface area contributed by atoms with Gasteiger partial charge in [-0.25, -0.2) is 4.79 Å². The number of hydrogen-bond donors (Lipinski definition) is 2. The van der Waals surface area contributed by atoms with E-state index in [-0.39, 0.29) is 24.2 Å². The van der Waals surface area contributed by atoms with Gasteiger partial charge in [0.25, 0.3) is 0 Å². The molecular formula is C12H16ClNO5. The minimum absolute atomic E-state index is 0. The third-order valence-electron chi connectivity index (χ3n) is 2.81. The van der Waals surface area contributed by atoms with Crippen LogP contribution in [-0.2, 0) is 4.74 Å². The molecule has 1 aliphatic rings. The van der Waals surface area contributed by atoms with Crippen LogP contribution >= 0.6 is 12.4 Å². The van der Waals surface area contributed by atoms with Gasteiger partial charge in [0, 0.05) is 18.6 Å². The second kappa shape index (κ2) is 6.38. The van der Waals surface area contributed by atoms with Crippen LogP contribution in [0.15, 0.2) is 12.1 Å². The van der Waals surface area contributed by atoms with Crippen LogP contribution in [0.1, 0.15) is 18.0 Å². The molecule has 1 heterocycles. The smallest absolute Gasteiger partial charge is 0.407 e. The summed E-state index contributed by atoms with van der Waals surface area (Å²) in [5.74, 6) is 0.990. The number of hydrogen-bond acceptors (Lipinski definition) is 5. The van der Waals surface area contributed by atoms with Crippen molar-refractivity contribution >= 4 is 18.5 Å². The largest absolute Gasteiger partial charge is 0.508 e. The number of carbonyl (C=O) groups excluding carboxylic acids is 1. The summed E-state index contributed by atoms with van der Waals surface area (Å²) in [6, 6.07) is 2.72. The van der Waals surface area contributed by atoms with Crippen LogP contribution in [0.2, 0.25) is 0 Å². The number of methoxy groups -OCH3 is 2. The first-order chi connectivity index (χ1) is 8.65. The van der Waals surface area contributed by atoms with Crippen LogP contribution in [-0.4, -0.2) is 32.0 Å². The number of phenolic OH excluding ortho intramolecular Hbond substituents is 1. The third-order valence-corrected chi connectivity index (χ3v) is 2.81. The predicted molar refractivity (Wildman–Crippen MR) is 70.3 cm³/mol. The van der Waals surface area contributed by atoms with Crippen molar-refractivity contribution in [3.05, 3.63) is 17.7 Å². The van der Waals surface area contributed by atoms with E-state index in [0.717, 1.165) is 0 Å². The molecule has 7 heteroatoms. The third kappa shape index (κ3) is 3.14. The zero-order chi connectivity index (χ0) is 13.1. The van der Waals surface area contributed by atoms with Crippen LogP contribution in [0.4, 0.5) is 4.79 Å². The highest BCUT2D eigenvalue weighted by molar-refractivity contribution is 5.85. The molecule has 1 aromatic rings. The Balaban J connectivity index is 0.00000180. The van der Waals surface area contributed by atoms with E-state index in [9.17, 15) is 9.90 Å². The second-order valence-corrected chi connectivity index (χ2v) is 3.89. The van der Waals surface area contributed by atoms with Crippen LogP contribution in [0.25, 0.3) is 0 Å². The number of rotatable bonds is 3. The van der Waals surface area contributed by atoms with Crippen molar-refractivity contribution in [1.29, 1.82) is 0 Å². The maximum absolute atomic E-state index is 11.2. The average Bonchev–Trinajstić information content (AvgIpc) is 2.37. The van der Waals surface area contributed by atoms with Crippen LogP contribution in [0, 0.1) is 0 Å². The molecule has 2 rings (SSSR count). The van der Waals surface area contributed by atoms with Gasteiger partial charge in [-0.05, 0) is 0 Å². The molecule has 6 nitrogen and oxygen atoms in total. The molecule has 0 spiro atoms. The Bertz CT molecular complexity index is 440. The maximum Gasteiger partial charge on any atom is 0.407 e. The Morgan fingerprint density at radius 2 is 1.89 bits per heavy atom. The van der Waals surface area contributed by atoms with Crippen molar-refractivity contribution in [3.8, 4) is 17.2 Å². The van der Waals surface area contributed by atoms with E-state index in [1.807, 2.05) is 0 Å². The standard InChI is InChI=1S/C12H15NO5.ClH/c1-16-9-5-7(14)6-10(17-2)11(9)8-3-4-18-12(15)13-8;/h5-6,8,14H,3-4H2,1-2H3,(H,13,15);1H/t8-;/m0./s1. The van der Waals surface area contributed by atoms with Gasteiger partial charge in [-0.3, -0.25) is 0 Å². The summed E-state index contributed by atoms with van der Waals surface area (Å²) in [6.07, 6.45) is 0.145. The van der Waals surface area contributed by atoms with E-state index in [4.69, 9.17) is 14.2 Å². The number of cyclic esters (lactones) is 1. The summed E-state index contributed by atoms with van der Waals surface area (Å²) < 4.78 is 15.3. The lowest BCUT2D eigenvalue weighted by molar-refractivity contribution is 0.114. The minimum atomic E-state index is -0.469. The molecule has 2 N–H and O–H groups in total. The zero-order valence-electron chi connectivity index (χ0n) is 10.6.